The number of aliphatic carboxylic acids is 1. The highest BCUT2D eigenvalue weighted by molar-refractivity contribution is 5.67. The Kier molecular flexibility index (Phi) is 9.34. The van der Waals surface area contributed by atoms with Crippen molar-refractivity contribution in [2.75, 3.05) is 24.8 Å². The SMILES string of the molecule is CCCCC(CCO)Nc1nc(N)nc(CCC(=O)O)c1Cc1ccccc1OC. The molecule has 0 spiro atoms. The zero-order valence-electron chi connectivity index (χ0n) is 17.7. The van der Waals surface area contributed by atoms with Crippen molar-refractivity contribution in [3.63, 3.8) is 0 Å². The minimum absolute atomic E-state index is 0.0352. The Labute approximate surface area is 177 Å². The minimum atomic E-state index is -0.897. The number of carboxylic acids is 1. The van der Waals surface area contributed by atoms with Crippen molar-refractivity contribution < 1.29 is 19.7 Å². The molecule has 0 aliphatic heterocycles. The monoisotopic (exact) mass is 416 g/mol. The zero-order chi connectivity index (χ0) is 21.9. The van der Waals surface area contributed by atoms with Crippen LogP contribution in [0.5, 0.6) is 5.75 Å². The Hall–Kier alpha value is -2.87. The van der Waals surface area contributed by atoms with Crippen LogP contribution in [0.1, 0.15) is 55.8 Å². The molecule has 0 aliphatic carbocycles. The summed E-state index contributed by atoms with van der Waals surface area (Å²) in [6, 6.07) is 7.70. The van der Waals surface area contributed by atoms with Gasteiger partial charge in [0.05, 0.1) is 19.2 Å². The highest BCUT2D eigenvalue weighted by atomic mass is 16.5. The number of aromatic nitrogens is 2. The van der Waals surface area contributed by atoms with Crippen LogP contribution in [0.3, 0.4) is 0 Å². The number of unbranched alkanes of at least 4 members (excludes halogenated alkanes) is 1. The van der Waals surface area contributed by atoms with Crippen LogP contribution in [0.2, 0.25) is 0 Å². The van der Waals surface area contributed by atoms with Gasteiger partial charge < -0.3 is 26.0 Å². The van der Waals surface area contributed by atoms with Gasteiger partial charge in [-0.1, -0.05) is 38.0 Å². The van der Waals surface area contributed by atoms with Gasteiger partial charge in [-0.25, -0.2) is 4.98 Å². The third-order valence-corrected chi connectivity index (χ3v) is 4.97. The molecule has 0 saturated carbocycles. The quantitative estimate of drug-likeness (QED) is 0.392. The van der Waals surface area contributed by atoms with E-state index in [1.165, 1.54) is 0 Å². The standard InChI is InChI=1S/C22H32N4O4/c1-3-4-8-16(12-13-27)24-21-17(14-15-7-5-6-9-19(15)30-2)18(10-11-20(28)29)25-22(23)26-21/h5-7,9,16,27H,3-4,8,10-14H2,1-2H3,(H,28,29)(H3,23,24,25,26). The molecule has 0 bridgehead atoms. The fourth-order valence-corrected chi connectivity index (χ4v) is 3.41. The van der Waals surface area contributed by atoms with E-state index in [-0.39, 0.29) is 31.4 Å². The number of ether oxygens (including phenoxy) is 1. The molecule has 30 heavy (non-hydrogen) atoms. The summed E-state index contributed by atoms with van der Waals surface area (Å²) in [7, 11) is 1.62. The Morgan fingerprint density at radius 3 is 2.70 bits per heavy atom. The maximum Gasteiger partial charge on any atom is 0.303 e. The molecule has 8 heteroatoms. The number of hydrogen-bond acceptors (Lipinski definition) is 7. The second-order valence-corrected chi connectivity index (χ2v) is 7.23. The van der Waals surface area contributed by atoms with Crippen molar-refractivity contribution >= 4 is 17.7 Å². The van der Waals surface area contributed by atoms with Crippen LogP contribution in [0.4, 0.5) is 11.8 Å². The number of benzene rings is 1. The topological polar surface area (TPSA) is 131 Å². The first-order valence-corrected chi connectivity index (χ1v) is 10.3. The average Bonchev–Trinajstić information content (AvgIpc) is 2.72. The molecular weight excluding hydrogens is 384 g/mol. The number of nitrogen functional groups attached to an aromatic ring is 1. The molecule has 1 atom stereocenters. The molecule has 1 unspecified atom stereocenters. The lowest BCUT2D eigenvalue weighted by molar-refractivity contribution is -0.136. The maximum absolute atomic E-state index is 11.2. The summed E-state index contributed by atoms with van der Waals surface area (Å²) in [5.41, 5.74) is 8.30. The number of carbonyl (C=O) groups is 1. The number of para-hydroxylation sites is 1. The van der Waals surface area contributed by atoms with Crippen LogP contribution in [0.15, 0.2) is 24.3 Å². The highest BCUT2D eigenvalue weighted by Gasteiger charge is 2.19. The molecule has 8 nitrogen and oxygen atoms in total. The molecular formula is C22H32N4O4. The summed E-state index contributed by atoms with van der Waals surface area (Å²) < 4.78 is 5.48. The average molecular weight is 417 g/mol. The molecule has 164 valence electrons. The molecule has 0 amide bonds. The van der Waals surface area contributed by atoms with E-state index in [1.807, 2.05) is 24.3 Å². The number of methoxy groups -OCH3 is 1. The normalized spacial score (nSPS) is 11.8. The number of aliphatic hydroxyl groups is 1. The van der Waals surface area contributed by atoms with Crippen molar-refractivity contribution in [3.8, 4) is 5.75 Å². The summed E-state index contributed by atoms with van der Waals surface area (Å²) in [6.45, 7) is 2.19. The van der Waals surface area contributed by atoms with E-state index in [1.54, 1.807) is 7.11 Å². The number of aryl methyl sites for hydroxylation is 1. The van der Waals surface area contributed by atoms with Gasteiger partial charge in [0.15, 0.2) is 0 Å². The number of anilines is 2. The van der Waals surface area contributed by atoms with Gasteiger partial charge in [0.1, 0.15) is 11.6 Å². The predicted octanol–water partition coefficient (Wildman–Crippen LogP) is 3.03. The summed E-state index contributed by atoms with van der Waals surface area (Å²) in [4.78, 5) is 19.9. The Morgan fingerprint density at radius 1 is 1.27 bits per heavy atom. The van der Waals surface area contributed by atoms with Crippen LogP contribution in [-0.4, -0.2) is 45.9 Å². The van der Waals surface area contributed by atoms with E-state index in [0.29, 0.717) is 24.4 Å². The number of nitrogens with one attached hydrogen (secondary N) is 1. The lowest BCUT2D eigenvalue weighted by Gasteiger charge is -2.22. The predicted molar refractivity (Wildman–Crippen MR) is 117 cm³/mol. The van der Waals surface area contributed by atoms with Gasteiger partial charge in [-0.05, 0) is 24.5 Å². The van der Waals surface area contributed by atoms with E-state index >= 15 is 0 Å². The second-order valence-electron chi connectivity index (χ2n) is 7.23. The summed E-state index contributed by atoms with van der Waals surface area (Å²) in [5.74, 6) is 0.525. The van der Waals surface area contributed by atoms with E-state index in [4.69, 9.17) is 15.6 Å². The lowest BCUT2D eigenvalue weighted by Crippen LogP contribution is -2.24. The Balaban J connectivity index is 2.45. The fraction of sp³-hybridized carbons (Fsp3) is 0.500. The van der Waals surface area contributed by atoms with Crippen molar-refractivity contribution in [1.82, 2.24) is 9.97 Å². The van der Waals surface area contributed by atoms with Crippen LogP contribution < -0.4 is 15.8 Å². The van der Waals surface area contributed by atoms with Crippen molar-refractivity contribution in [2.24, 2.45) is 0 Å². The number of nitrogens with zero attached hydrogens (tertiary/aromatic N) is 2. The molecule has 0 aliphatic rings. The Bertz CT molecular complexity index is 829. The van der Waals surface area contributed by atoms with Crippen molar-refractivity contribution in [2.45, 2.75) is 57.9 Å². The third kappa shape index (κ3) is 6.88. The third-order valence-electron chi connectivity index (χ3n) is 4.97. The lowest BCUT2D eigenvalue weighted by atomic mass is 9.99. The Morgan fingerprint density at radius 2 is 2.03 bits per heavy atom. The molecule has 0 radical (unpaired) electrons. The maximum atomic E-state index is 11.2. The molecule has 1 aromatic carbocycles. The zero-order valence-corrected chi connectivity index (χ0v) is 17.7. The summed E-state index contributed by atoms with van der Waals surface area (Å²) in [5, 5.41) is 22.0. The number of carboxylic acid groups (broad SMARTS) is 1. The molecule has 2 rings (SSSR count). The molecule has 1 heterocycles. The van der Waals surface area contributed by atoms with Gasteiger partial charge >= 0.3 is 5.97 Å². The van der Waals surface area contributed by atoms with Gasteiger partial charge in [0, 0.05) is 31.1 Å². The first kappa shape index (κ1) is 23.4. The first-order chi connectivity index (χ1) is 14.5. The fourth-order valence-electron chi connectivity index (χ4n) is 3.41. The van der Waals surface area contributed by atoms with E-state index < -0.39 is 5.97 Å². The first-order valence-electron chi connectivity index (χ1n) is 10.3. The molecule has 2 aromatic rings. The molecule has 0 fully saturated rings. The van der Waals surface area contributed by atoms with E-state index in [9.17, 15) is 9.90 Å². The molecule has 5 N–H and O–H groups in total. The van der Waals surface area contributed by atoms with Crippen molar-refractivity contribution in [3.05, 3.63) is 41.1 Å². The van der Waals surface area contributed by atoms with Gasteiger partial charge in [0.25, 0.3) is 0 Å². The minimum Gasteiger partial charge on any atom is -0.496 e. The van der Waals surface area contributed by atoms with E-state index in [0.717, 1.165) is 36.1 Å². The summed E-state index contributed by atoms with van der Waals surface area (Å²) >= 11 is 0. The number of aliphatic hydroxyl groups excluding tert-OH is 1. The number of nitrogens with two attached hydrogens (primary N) is 1. The number of hydrogen-bond donors (Lipinski definition) is 4. The van der Waals surface area contributed by atoms with Crippen LogP contribution in [-0.2, 0) is 17.6 Å². The van der Waals surface area contributed by atoms with Gasteiger partial charge in [-0.3, -0.25) is 4.79 Å². The van der Waals surface area contributed by atoms with Crippen LogP contribution >= 0.6 is 0 Å². The smallest absolute Gasteiger partial charge is 0.303 e. The second kappa shape index (κ2) is 12.0. The van der Waals surface area contributed by atoms with E-state index in [2.05, 4.69) is 22.2 Å². The van der Waals surface area contributed by atoms with Crippen molar-refractivity contribution in [1.29, 1.82) is 0 Å². The largest absolute Gasteiger partial charge is 0.496 e. The van der Waals surface area contributed by atoms with Crippen LogP contribution in [0.25, 0.3) is 0 Å². The molecule has 0 saturated heterocycles. The van der Waals surface area contributed by atoms with Gasteiger partial charge in [0.2, 0.25) is 5.95 Å². The number of rotatable bonds is 13. The van der Waals surface area contributed by atoms with Gasteiger partial charge in [-0.15, -0.1) is 0 Å². The van der Waals surface area contributed by atoms with Crippen LogP contribution in [0, 0.1) is 0 Å². The highest BCUT2D eigenvalue weighted by Crippen LogP contribution is 2.28. The summed E-state index contributed by atoms with van der Waals surface area (Å²) in [6.07, 6.45) is 4.22. The van der Waals surface area contributed by atoms with Gasteiger partial charge in [-0.2, -0.15) is 4.98 Å². The molecule has 1 aromatic heterocycles.